The number of fused-ring (bicyclic) bond motifs is 4. The second-order valence-corrected chi connectivity index (χ2v) is 6.60. The molecule has 0 saturated carbocycles. The summed E-state index contributed by atoms with van der Waals surface area (Å²) in [7, 11) is 1.72. The van der Waals surface area contributed by atoms with Gasteiger partial charge in [0.15, 0.2) is 0 Å². The molecule has 2 bridgehead atoms. The number of aromatic nitrogens is 1. The number of benzene rings is 1. The summed E-state index contributed by atoms with van der Waals surface area (Å²) in [6.07, 6.45) is 5.25. The van der Waals surface area contributed by atoms with Crippen LogP contribution < -0.4 is 4.74 Å². The monoisotopic (exact) mass is 314 g/mol. The smallest absolute Gasteiger partial charge is 0.119 e. The molecule has 2 aliphatic rings. The Morgan fingerprint density at radius 1 is 1.32 bits per heavy atom. The van der Waals surface area contributed by atoms with E-state index in [1.165, 1.54) is 29.7 Å². The van der Waals surface area contributed by atoms with E-state index >= 15 is 0 Å². The Morgan fingerprint density at radius 2 is 2.23 bits per heavy atom. The van der Waals surface area contributed by atoms with Gasteiger partial charge < -0.3 is 4.74 Å². The van der Waals surface area contributed by atoms with Crippen molar-refractivity contribution in [3.05, 3.63) is 58.4 Å². The molecule has 3 nitrogen and oxygen atoms in total. The summed E-state index contributed by atoms with van der Waals surface area (Å²) in [5.74, 6) is 0.923. The number of halogens is 1. The number of rotatable bonds is 3. The molecule has 0 amide bonds. The van der Waals surface area contributed by atoms with E-state index in [4.69, 9.17) is 16.3 Å². The van der Waals surface area contributed by atoms with Crippen LogP contribution in [-0.4, -0.2) is 23.0 Å². The van der Waals surface area contributed by atoms with Crippen LogP contribution >= 0.6 is 11.6 Å². The average Bonchev–Trinajstić information content (AvgIpc) is 2.81. The van der Waals surface area contributed by atoms with E-state index in [9.17, 15) is 0 Å². The molecule has 2 aromatic rings. The highest BCUT2D eigenvalue weighted by atomic mass is 35.5. The van der Waals surface area contributed by atoms with Gasteiger partial charge in [-0.3, -0.25) is 9.88 Å². The Balaban J connectivity index is 1.63. The Labute approximate surface area is 135 Å². The largest absolute Gasteiger partial charge is 0.497 e. The molecule has 2 unspecified atom stereocenters. The van der Waals surface area contributed by atoms with Crippen molar-refractivity contribution in [3.63, 3.8) is 0 Å². The van der Waals surface area contributed by atoms with Gasteiger partial charge in [0.05, 0.1) is 12.1 Å². The summed E-state index contributed by atoms with van der Waals surface area (Å²) in [6.45, 7) is 0.957. The van der Waals surface area contributed by atoms with Crippen LogP contribution in [0.5, 0.6) is 5.75 Å². The zero-order valence-electron chi connectivity index (χ0n) is 12.6. The highest BCUT2D eigenvalue weighted by molar-refractivity contribution is 6.30. The molecule has 2 aliphatic heterocycles. The molecule has 22 heavy (non-hydrogen) atoms. The van der Waals surface area contributed by atoms with Gasteiger partial charge in [0.25, 0.3) is 0 Å². The lowest BCUT2D eigenvalue weighted by atomic mass is 9.97. The van der Waals surface area contributed by atoms with E-state index in [1.807, 2.05) is 6.07 Å². The molecule has 1 aromatic carbocycles. The molecule has 1 fully saturated rings. The normalized spacial score (nSPS) is 23.4. The first-order valence-corrected chi connectivity index (χ1v) is 8.15. The summed E-state index contributed by atoms with van der Waals surface area (Å²) >= 11 is 6.16. The first-order chi connectivity index (χ1) is 10.7. The predicted octanol–water partition coefficient (Wildman–Crippen LogP) is 4.01. The molecule has 1 saturated heterocycles. The number of pyridine rings is 1. The van der Waals surface area contributed by atoms with E-state index in [1.54, 1.807) is 13.3 Å². The molecule has 1 aromatic heterocycles. The molecular weight excluding hydrogens is 296 g/mol. The number of methoxy groups -OCH3 is 1. The summed E-state index contributed by atoms with van der Waals surface area (Å²) < 4.78 is 5.34. The number of ether oxygens (including phenoxy) is 1. The number of hydrogen-bond acceptors (Lipinski definition) is 3. The quantitative estimate of drug-likeness (QED) is 0.856. The maximum absolute atomic E-state index is 6.16. The third-order valence-electron chi connectivity index (χ3n) is 4.90. The van der Waals surface area contributed by atoms with Crippen molar-refractivity contribution in [1.29, 1.82) is 0 Å². The van der Waals surface area contributed by atoms with Crippen molar-refractivity contribution in [2.45, 2.75) is 37.9 Å². The molecule has 3 heterocycles. The lowest BCUT2D eigenvalue weighted by Crippen LogP contribution is -2.37. The number of hydrogen-bond donors (Lipinski definition) is 0. The third-order valence-corrected chi connectivity index (χ3v) is 5.11. The van der Waals surface area contributed by atoms with Crippen LogP contribution in [0.2, 0.25) is 5.02 Å². The van der Waals surface area contributed by atoms with Gasteiger partial charge in [-0.15, -0.1) is 0 Å². The van der Waals surface area contributed by atoms with Gasteiger partial charge in [0.2, 0.25) is 0 Å². The maximum Gasteiger partial charge on any atom is 0.119 e. The Bertz CT molecular complexity index is 703. The summed E-state index contributed by atoms with van der Waals surface area (Å²) in [4.78, 5) is 7.16. The first kappa shape index (κ1) is 14.0. The van der Waals surface area contributed by atoms with Crippen LogP contribution in [0.4, 0.5) is 0 Å². The summed E-state index contributed by atoms with van der Waals surface area (Å²) in [5, 5.41) is 0.741. The maximum atomic E-state index is 6.16. The van der Waals surface area contributed by atoms with Gasteiger partial charge in [-0.25, -0.2) is 0 Å². The van der Waals surface area contributed by atoms with Gasteiger partial charge >= 0.3 is 0 Å². The Hall–Kier alpha value is -1.58. The van der Waals surface area contributed by atoms with Crippen molar-refractivity contribution in [3.8, 4) is 5.75 Å². The fourth-order valence-electron chi connectivity index (χ4n) is 3.88. The van der Waals surface area contributed by atoms with Crippen LogP contribution in [0.15, 0.2) is 36.5 Å². The van der Waals surface area contributed by atoms with Crippen LogP contribution in [0.3, 0.4) is 0 Å². The zero-order valence-corrected chi connectivity index (χ0v) is 13.4. The molecule has 4 rings (SSSR count). The van der Waals surface area contributed by atoms with Crippen molar-refractivity contribution >= 4 is 11.6 Å². The third kappa shape index (κ3) is 2.38. The van der Waals surface area contributed by atoms with E-state index in [2.05, 4.69) is 34.1 Å². The molecule has 0 spiro atoms. The van der Waals surface area contributed by atoms with Gasteiger partial charge in [0, 0.05) is 36.9 Å². The van der Waals surface area contributed by atoms with Gasteiger partial charge in [0.1, 0.15) is 5.75 Å². The highest BCUT2D eigenvalue weighted by Gasteiger charge is 2.40. The van der Waals surface area contributed by atoms with Crippen LogP contribution in [0.1, 0.15) is 35.7 Å². The highest BCUT2D eigenvalue weighted by Crippen LogP contribution is 2.44. The summed E-state index contributed by atoms with van der Waals surface area (Å²) in [6, 6.07) is 11.5. The Morgan fingerprint density at radius 3 is 3.09 bits per heavy atom. The van der Waals surface area contributed by atoms with E-state index < -0.39 is 0 Å². The number of nitrogens with zero attached hydrogens (tertiary/aromatic N) is 2. The molecule has 4 heteroatoms. The van der Waals surface area contributed by atoms with Crippen molar-refractivity contribution in [2.24, 2.45) is 0 Å². The lowest BCUT2D eigenvalue weighted by molar-refractivity contribution is 0.166. The molecule has 0 radical (unpaired) electrons. The molecule has 0 aliphatic carbocycles. The molecule has 114 valence electrons. The van der Waals surface area contributed by atoms with Gasteiger partial charge in [-0.05, 0) is 42.2 Å². The van der Waals surface area contributed by atoms with Crippen molar-refractivity contribution in [2.75, 3.05) is 7.11 Å². The minimum Gasteiger partial charge on any atom is -0.497 e. The standard InChI is InChI=1S/C18H19ClN2O/c1-22-15-4-2-3-12(7-15)11-21-14-5-6-18(21)16-8-13(19)10-20-17(16)9-14/h2-4,7-8,10,14,18H,5-6,9,11H2,1H3. The molecular formula is C18H19ClN2O. The van der Waals surface area contributed by atoms with Crippen molar-refractivity contribution in [1.82, 2.24) is 9.88 Å². The van der Waals surface area contributed by atoms with Crippen LogP contribution in [0.25, 0.3) is 0 Å². The van der Waals surface area contributed by atoms with Gasteiger partial charge in [-0.2, -0.15) is 0 Å². The first-order valence-electron chi connectivity index (χ1n) is 7.77. The predicted molar refractivity (Wildman–Crippen MR) is 87.3 cm³/mol. The molecule has 0 N–H and O–H groups in total. The fourth-order valence-corrected chi connectivity index (χ4v) is 4.04. The molecule has 2 atom stereocenters. The van der Waals surface area contributed by atoms with E-state index in [0.717, 1.165) is 23.7 Å². The van der Waals surface area contributed by atoms with Crippen LogP contribution in [0, 0.1) is 0 Å². The second-order valence-electron chi connectivity index (χ2n) is 6.16. The second kappa shape index (κ2) is 5.56. The Kier molecular flexibility index (Phi) is 3.55. The zero-order chi connectivity index (χ0) is 15.1. The minimum absolute atomic E-state index is 0.450. The van der Waals surface area contributed by atoms with Crippen molar-refractivity contribution < 1.29 is 4.74 Å². The SMILES string of the molecule is COc1cccc(CN2C3CCC2c2cc(Cl)cnc2C3)c1. The fraction of sp³-hybridized carbons (Fsp3) is 0.389. The van der Waals surface area contributed by atoms with E-state index in [0.29, 0.717) is 12.1 Å². The minimum atomic E-state index is 0.450. The summed E-state index contributed by atoms with van der Waals surface area (Å²) in [5.41, 5.74) is 3.86. The van der Waals surface area contributed by atoms with Crippen LogP contribution in [-0.2, 0) is 13.0 Å². The van der Waals surface area contributed by atoms with Gasteiger partial charge in [-0.1, -0.05) is 23.7 Å². The average molecular weight is 315 g/mol. The lowest BCUT2D eigenvalue weighted by Gasteiger charge is -2.35. The topological polar surface area (TPSA) is 25.4 Å². The van der Waals surface area contributed by atoms with E-state index in [-0.39, 0.29) is 0 Å².